The van der Waals surface area contributed by atoms with Gasteiger partial charge in [-0.25, -0.2) is 0 Å². The summed E-state index contributed by atoms with van der Waals surface area (Å²) in [6, 6.07) is 12.1. The van der Waals surface area contributed by atoms with Gasteiger partial charge in [0.1, 0.15) is 17.6 Å². The Morgan fingerprint density at radius 3 is 2.27 bits per heavy atom. The molecule has 3 rings (SSSR count). The van der Waals surface area contributed by atoms with E-state index in [0.717, 1.165) is 28.7 Å². The number of aryl methyl sites for hydroxylation is 1. The normalized spacial score (nSPS) is 15.9. The van der Waals surface area contributed by atoms with Gasteiger partial charge in [0.05, 0.1) is 11.9 Å². The van der Waals surface area contributed by atoms with Gasteiger partial charge in [-0.2, -0.15) is 6.41 Å². The van der Waals surface area contributed by atoms with Crippen LogP contribution < -0.4 is 33.2 Å². The van der Waals surface area contributed by atoms with Crippen molar-refractivity contribution in [2.24, 2.45) is 22.2 Å². The number of hydrogen-bond donors (Lipinski definition) is 6. The number of likely N-dealkylation sites (N-methyl/N-ethyl adjacent to an activating group) is 2. The molecule has 0 spiro atoms. The van der Waals surface area contributed by atoms with Crippen molar-refractivity contribution in [3.63, 3.8) is 0 Å². The summed E-state index contributed by atoms with van der Waals surface area (Å²) in [6.45, 7) is 5.37. The molecule has 9 N–H and O–H groups in total. The number of amides is 6. The molecule has 6 amide bonds. The molecule has 1 radical (unpaired) electrons. The van der Waals surface area contributed by atoms with Gasteiger partial charge in [0.25, 0.3) is 0 Å². The molecule has 1 aliphatic carbocycles. The number of fused-ring (bicyclic) bond motifs is 1. The van der Waals surface area contributed by atoms with E-state index in [0.29, 0.717) is 25.7 Å². The first-order valence-electron chi connectivity index (χ1n) is 16.8. The molecule has 4 atom stereocenters. The number of rotatable bonds is 15. The van der Waals surface area contributed by atoms with Crippen molar-refractivity contribution in [2.45, 2.75) is 89.4 Å². The Labute approximate surface area is 330 Å². The molecule has 2 aromatic rings. The number of nitrogens with zero attached hydrogens (tertiary/aromatic N) is 3. The van der Waals surface area contributed by atoms with Crippen LogP contribution in [0.25, 0.3) is 5.32 Å². The second-order valence-electron chi connectivity index (χ2n) is 12.4. The summed E-state index contributed by atoms with van der Waals surface area (Å²) in [5, 5.41) is 12.4. The number of aliphatic imine (C=N–C) groups is 1. The molecule has 0 saturated heterocycles. The van der Waals surface area contributed by atoms with Crippen LogP contribution in [-0.4, -0.2) is 91.1 Å². The number of primary amides is 1. The fraction of sp³-hybridized carbons (Fsp3) is 0.472. The maximum absolute atomic E-state index is 14.2. The number of carbonyl (C=O) groups excluding carboxylic acids is 6. The van der Waals surface area contributed by atoms with Crippen molar-refractivity contribution in [1.29, 1.82) is 0 Å². The standard InChI is InChI=1S/C35H50N8O5.CH2NO.Y/c1-6-29(31(46)38-4)43(5)32(47)27(16-11-19-39-34(36)37)40-30(45)28(20-24-13-8-7-9-14-24)41-33(48)35(42-23(3)44)18-17-26-22(2)12-10-15-25(26)21-35;2-1-3;/h7-10,12-15,27-29H,6,11,16-21H2,1-5H3,(H8,36,37,38,39,40,41,42,44,45,46,48);(H2,2,3);/q;-1;/p-1/t27-,28+,29-,35?;;/m0../s1. The van der Waals surface area contributed by atoms with Crippen LogP contribution in [0.3, 0.4) is 0 Å². The number of nitrogens with two attached hydrogens (primary N) is 3. The van der Waals surface area contributed by atoms with Crippen LogP contribution in [-0.2, 0) is 80.7 Å². The summed E-state index contributed by atoms with van der Waals surface area (Å²) in [6.07, 6.45) is 3.16. The Bertz CT molecular complexity index is 1550. The van der Waals surface area contributed by atoms with E-state index in [4.69, 9.17) is 16.3 Å². The maximum atomic E-state index is 14.2. The number of hydrogen-bond acceptors (Lipinski definition) is 7. The number of benzene rings is 2. The third-order valence-electron chi connectivity index (χ3n) is 8.82. The Balaban J connectivity index is 0.00000326. The van der Waals surface area contributed by atoms with Gasteiger partial charge in [0.15, 0.2) is 5.96 Å². The third-order valence-corrected chi connectivity index (χ3v) is 8.82. The SMILES string of the molecule is CC[C@@H](C(=O)[N-]C)N(C)C(=O)[C@H](CCCN=C(N)N)NC(=O)[C@@H](Cc1ccccc1)NC(=O)C1(NC(C)=O)CCc2c(C)cccc2C1.N[C-]=O.[Y]. The molecule has 0 aliphatic heterocycles. The van der Waals surface area contributed by atoms with Gasteiger partial charge in [0.2, 0.25) is 23.6 Å². The first kappa shape index (κ1) is 45.7. The molecule has 15 nitrogen and oxygen atoms in total. The quantitative estimate of drug-likeness (QED) is 0.0483. The van der Waals surface area contributed by atoms with Gasteiger partial charge in [0, 0.05) is 66.1 Å². The summed E-state index contributed by atoms with van der Waals surface area (Å²) in [5.74, 6) is -2.49. The second kappa shape index (κ2) is 22.5. The molecule has 281 valence electrons. The Morgan fingerprint density at radius 2 is 1.69 bits per heavy atom. The van der Waals surface area contributed by atoms with E-state index < -0.39 is 47.3 Å². The predicted molar refractivity (Wildman–Crippen MR) is 195 cm³/mol. The molecule has 0 bridgehead atoms. The molecular formula is C36H51N9O6Y-2. The molecule has 0 saturated carbocycles. The molecule has 52 heavy (non-hydrogen) atoms. The Kier molecular flexibility index (Phi) is 19.8. The van der Waals surface area contributed by atoms with Crippen molar-refractivity contribution in [1.82, 2.24) is 20.9 Å². The smallest absolute Gasteiger partial charge is 0.246 e. The van der Waals surface area contributed by atoms with Crippen molar-refractivity contribution in [2.75, 3.05) is 20.6 Å². The van der Waals surface area contributed by atoms with Gasteiger partial charge in [-0.1, -0.05) is 55.5 Å². The van der Waals surface area contributed by atoms with Gasteiger partial charge in [-0.15, -0.1) is 7.05 Å². The molecule has 0 heterocycles. The monoisotopic (exact) mass is 794 g/mol. The van der Waals surface area contributed by atoms with Gasteiger partial charge < -0.3 is 53.0 Å². The first-order chi connectivity index (χ1) is 24.2. The van der Waals surface area contributed by atoms with Crippen LogP contribution in [0.1, 0.15) is 61.8 Å². The van der Waals surface area contributed by atoms with E-state index in [1.165, 1.54) is 25.9 Å². The van der Waals surface area contributed by atoms with E-state index in [1.807, 2.05) is 55.5 Å². The topological polar surface area (TPSA) is 246 Å². The summed E-state index contributed by atoms with van der Waals surface area (Å²) >= 11 is 0. The second-order valence-corrected chi connectivity index (χ2v) is 12.4. The molecule has 2 aromatic carbocycles. The Hall–Kier alpha value is -4.37. The van der Waals surface area contributed by atoms with Crippen LogP contribution in [0.2, 0.25) is 0 Å². The molecule has 1 unspecified atom stereocenters. The van der Waals surface area contributed by atoms with E-state index in [9.17, 15) is 24.0 Å². The molecule has 0 fully saturated rings. The van der Waals surface area contributed by atoms with Gasteiger partial charge in [-0.05, 0) is 61.3 Å². The number of carbonyl (C=O) groups is 5. The number of guanidine groups is 1. The van der Waals surface area contributed by atoms with E-state index >= 15 is 0 Å². The van der Waals surface area contributed by atoms with E-state index in [1.54, 1.807) is 6.92 Å². The summed E-state index contributed by atoms with van der Waals surface area (Å²) in [4.78, 5) is 80.8. The zero-order valence-electron chi connectivity index (χ0n) is 30.6. The predicted octanol–water partition coefficient (Wildman–Crippen LogP) is 0.401. The minimum atomic E-state index is -1.28. The largest absolute Gasteiger partial charge is 0.654 e. The van der Waals surface area contributed by atoms with Crippen molar-refractivity contribution in [3.05, 3.63) is 76.1 Å². The van der Waals surface area contributed by atoms with Crippen LogP contribution in [0.15, 0.2) is 53.5 Å². The van der Waals surface area contributed by atoms with Gasteiger partial charge >= 0.3 is 0 Å². The van der Waals surface area contributed by atoms with Crippen LogP contribution in [0.4, 0.5) is 0 Å². The van der Waals surface area contributed by atoms with Crippen LogP contribution >= 0.6 is 0 Å². The van der Waals surface area contributed by atoms with Crippen molar-refractivity contribution < 1.29 is 61.5 Å². The third kappa shape index (κ3) is 13.3. The zero-order chi connectivity index (χ0) is 38.1. The van der Waals surface area contributed by atoms with E-state index in [2.05, 4.69) is 32.0 Å². The molecular weight excluding hydrogens is 743 g/mol. The zero-order valence-corrected chi connectivity index (χ0v) is 33.4. The first-order valence-corrected chi connectivity index (χ1v) is 16.8. The van der Waals surface area contributed by atoms with Crippen LogP contribution in [0, 0.1) is 6.92 Å². The minimum absolute atomic E-state index is 0. The van der Waals surface area contributed by atoms with Crippen LogP contribution in [0.5, 0.6) is 0 Å². The van der Waals surface area contributed by atoms with Gasteiger partial charge in [-0.3, -0.25) is 24.2 Å². The average Bonchev–Trinajstić information content (AvgIpc) is 3.09. The molecule has 16 heteroatoms. The maximum Gasteiger partial charge on any atom is 0.246 e. The Morgan fingerprint density at radius 1 is 1.04 bits per heavy atom. The summed E-state index contributed by atoms with van der Waals surface area (Å²) < 4.78 is 0. The summed E-state index contributed by atoms with van der Waals surface area (Å²) in [5.41, 5.74) is 17.7. The molecule has 0 aromatic heterocycles. The van der Waals surface area contributed by atoms with Crippen molar-refractivity contribution in [3.8, 4) is 0 Å². The summed E-state index contributed by atoms with van der Waals surface area (Å²) in [7, 11) is 2.87. The molecule has 1 aliphatic rings. The fourth-order valence-electron chi connectivity index (χ4n) is 6.28. The average molecular weight is 795 g/mol. The van der Waals surface area contributed by atoms with E-state index in [-0.39, 0.29) is 70.4 Å². The number of nitrogens with one attached hydrogen (secondary N) is 3. The van der Waals surface area contributed by atoms with Crippen molar-refractivity contribution >= 4 is 41.9 Å². The fourth-order valence-corrected chi connectivity index (χ4v) is 6.28. The minimum Gasteiger partial charge on any atom is -0.654 e.